The molecule has 7 nitrogen and oxygen atoms in total. The van der Waals surface area contributed by atoms with Gasteiger partial charge in [-0.2, -0.15) is 4.31 Å². The molecule has 1 aliphatic heterocycles. The van der Waals surface area contributed by atoms with Crippen LogP contribution in [-0.2, 0) is 14.8 Å². The minimum Gasteiger partial charge on any atom is -0.454 e. The number of Topliss-reactive ketones (excluding diaryl/α,β-unsaturated/α-hetero) is 1. The molecule has 4 rings (SSSR count). The predicted molar refractivity (Wildman–Crippen MR) is 112 cm³/mol. The first-order valence-electron chi connectivity index (χ1n) is 9.44. The molecule has 0 saturated carbocycles. The second kappa shape index (κ2) is 8.22. The number of H-pyrrole nitrogens is 1. The Morgan fingerprint density at radius 3 is 2.60 bits per heavy atom. The second-order valence-electron chi connectivity index (χ2n) is 7.00. The number of ketones is 1. The number of carbonyl (C=O) groups excluding carboxylic acids is 2. The summed E-state index contributed by atoms with van der Waals surface area (Å²) in [4.78, 5) is 27.8. The third-order valence-corrected chi connectivity index (χ3v) is 7.45. The van der Waals surface area contributed by atoms with E-state index in [0.717, 1.165) is 23.7 Å². The number of nitrogens with zero attached hydrogens (tertiary/aromatic N) is 1. The summed E-state index contributed by atoms with van der Waals surface area (Å²) in [5.74, 6) is -1.16. The van der Waals surface area contributed by atoms with E-state index in [-0.39, 0.29) is 21.3 Å². The molecule has 9 heteroatoms. The molecule has 0 radical (unpaired) electrons. The van der Waals surface area contributed by atoms with Crippen LogP contribution in [0.15, 0.2) is 53.6 Å². The fourth-order valence-electron chi connectivity index (χ4n) is 3.49. The van der Waals surface area contributed by atoms with Crippen molar-refractivity contribution in [2.24, 2.45) is 0 Å². The largest absolute Gasteiger partial charge is 0.454 e. The molecule has 0 unspecified atom stereocenters. The lowest BCUT2D eigenvalue weighted by Crippen LogP contribution is -2.28. The van der Waals surface area contributed by atoms with E-state index >= 15 is 0 Å². The molecule has 0 amide bonds. The van der Waals surface area contributed by atoms with Gasteiger partial charge in [0.1, 0.15) is 4.90 Å². The number of ether oxygens (including phenoxy) is 1. The van der Waals surface area contributed by atoms with Gasteiger partial charge in [-0.05, 0) is 37.1 Å². The summed E-state index contributed by atoms with van der Waals surface area (Å²) in [6.07, 6.45) is 3.15. The highest BCUT2D eigenvalue weighted by Gasteiger charge is 2.30. The van der Waals surface area contributed by atoms with Gasteiger partial charge in [-0.15, -0.1) is 0 Å². The number of sulfonamides is 1. The average molecular weight is 447 g/mol. The lowest BCUT2D eigenvalue weighted by atomic mass is 10.1. The monoisotopic (exact) mass is 446 g/mol. The Hall–Kier alpha value is -2.68. The number of aromatic nitrogens is 1. The van der Waals surface area contributed by atoms with Gasteiger partial charge in [-0.1, -0.05) is 29.8 Å². The smallest absolute Gasteiger partial charge is 0.338 e. The summed E-state index contributed by atoms with van der Waals surface area (Å²) in [5.41, 5.74) is 1.25. The predicted octanol–water partition coefficient (Wildman–Crippen LogP) is 3.65. The van der Waals surface area contributed by atoms with Crippen molar-refractivity contribution in [2.45, 2.75) is 17.7 Å². The molecule has 1 saturated heterocycles. The molecule has 1 aromatic heterocycles. The molecular formula is C21H19ClN2O5S. The number of esters is 1. The number of nitrogens with one attached hydrogen (secondary N) is 1. The van der Waals surface area contributed by atoms with Crippen LogP contribution in [-0.4, -0.2) is 49.2 Å². The highest BCUT2D eigenvalue weighted by Crippen LogP contribution is 2.28. The zero-order valence-corrected chi connectivity index (χ0v) is 17.5. The number of carbonyl (C=O) groups is 2. The number of hydrogen-bond acceptors (Lipinski definition) is 5. The van der Waals surface area contributed by atoms with Gasteiger partial charge in [0.05, 0.1) is 10.6 Å². The van der Waals surface area contributed by atoms with Crippen LogP contribution in [0.2, 0.25) is 5.02 Å². The molecule has 0 spiro atoms. The topological polar surface area (TPSA) is 96.5 Å². The highest BCUT2D eigenvalue weighted by molar-refractivity contribution is 7.89. The summed E-state index contributed by atoms with van der Waals surface area (Å²) in [5, 5.41) is 0.775. The Labute approximate surface area is 178 Å². The van der Waals surface area contributed by atoms with Crippen LogP contribution < -0.4 is 0 Å². The van der Waals surface area contributed by atoms with Gasteiger partial charge >= 0.3 is 5.97 Å². The van der Waals surface area contributed by atoms with E-state index in [2.05, 4.69) is 4.98 Å². The van der Waals surface area contributed by atoms with E-state index < -0.39 is 22.6 Å². The summed E-state index contributed by atoms with van der Waals surface area (Å²) in [7, 11) is -3.79. The molecule has 0 aliphatic carbocycles. The molecule has 1 N–H and O–H groups in total. The van der Waals surface area contributed by atoms with Gasteiger partial charge in [0.15, 0.2) is 6.61 Å². The Morgan fingerprint density at radius 1 is 1.10 bits per heavy atom. The zero-order chi connectivity index (χ0) is 21.3. The van der Waals surface area contributed by atoms with Gasteiger partial charge in [-0.3, -0.25) is 4.79 Å². The van der Waals surface area contributed by atoms with E-state index in [9.17, 15) is 18.0 Å². The van der Waals surface area contributed by atoms with Crippen molar-refractivity contribution in [3.8, 4) is 0 Å². The first-order chi connectivity index (χ1) is 14.4. The van der Waals surface area contributed by atoms with Crippen molar-refractivity contribution in [3.05, 3.63) is 64.8 Å². The molecule has 30 heavy (non-hydrogen) atoms. The van der Waals surface area contributed by atoms with Gasteiger partial charge in [0.2, 0.25) is 15.8 Å². The Morgan fingerprint density at radius 2 is 1.83 bits per heavy atom. The quantitative estimate of drug-likeness (QED) is 0.460. The third kappa shape index (κ3) is 3.86. The van der Waals surface area contributed by atoms with Crippen molar-refractivity contribution in [3.63, 3.8) is 0 Å². The van der Waals surface area contributed by atoms with Gasteiger partial charge in [-0.25, -0.2) is 13.2 Å². The average Bonchev–Trinajstić information content (AvgIpc) is 3.42. The van der Waals surface area contributed by atoms with E-state index in [0.29, 0.717) is 18.7 Å². The van der Waals surface area contributed by atoms with Crippen molar-refractivity contribution in [1.29, 1.82) is 0 Å². The van der Waals surface area contributed by atoms with Crippen LogP contribution in [0.25, 0.3) is 10.9 Å². The van der Waals surface area contributed by atoms with Crippen LogP contribution in [0.3, 0.4) is 0 Å². The number of fused-ring (bicyclic) bond motifs is 1. The maximum Gasteiger partial charge on any atom is 0.338 e. The first-order valence-corrected chi connectivity index (χ1v) is 11.3. The summed E-state index contributed by atoms with van der Waals surface area (Å²) >= 11 is 6.10. The second-order valence-corrected chi connectivity index (χ2v) is 9.32. The maximum atomic E-state index is 12.8. The van der Waals surface area contributed by atoms with Gasteiger partial charge in [0.25, 0.3) is 0 Å². The fourth-order valence-corrected chi connectivity index (χ4v) is 5.51. The number of aromatic amines is 1. The molecule has 1 fully saturated rings. The van der Waals surface area contributed by atoms with Crippen LogP contribution in [0.1, 0.15) is 33.6 Å². The van der Waals surface area contributed by atoms with Crippen molar-refractivity contribution in [2.75, 3.05) is 19.7 Å². The highest BCUT2D eigenvalue weighted by atomic mass is 35.5. The molecule has 0 atom stereocenters. The van der Waals surface area contributed by atoms with E-state index in [4.69, 9.17) is 16.3 Å². The molecule has 2 heterocycles. The van der Waals surface area contributed by atoms with Crippen LogP contribution >= 0.6 is 11.6 Å². The number of para-hydroxylation sites is 1. The number of hydrogen-bond donors (Lipinski definition) is 1. The Kier molecular flexibility index (Phi) is 5.64. The number of benzene rings is 2. The molecule has 156 valence electrons. The van der Waals surface area contributed by atoms with Crippen molar-refractivity contribution in [1.82, 2.24) is 9.29 Å². The number of halogens is 1. The zero-order valence-electron chi connectivity index (χ0n) is 15.9. The Bertz CT molecular complexity index is 1230. The molecule has 0 bridgehead atoms. The van der Waals surface area contributed by atoms with E-state index in [1.807, 2.05) is 18.2 Å². The fraction of sp³-hybridized carbons (Fsp3) is 0.238. The van der Waals surface area contributed by atoms with Crippen LogP contribution in [0.4, 0.5) is 0 Å². The molecule has 1 aliphatic rings. The lowest BCUT2D eigenvalue weighted by Gasteiger charge is -2.17. The van der Waals surface area contributed by atoms with Gasteiger partial charge < -0.3 is 9.72 Å². The van der Waals surface area contributed by atoms with Crippen LogP contribution in [0.5, 0.6) is 0 Å². The van der Waals surface area contributed by atoms with Crippen molar-refractivity contribution < 1.29 is 22.7 Å². The minimum atomic E-state index is -3.79. The van der Waals surface area contributed by atoms with E-state index in [1.165, 1.54) is 22.5 Å². The van der Waals surface area contributed by atoms with E-state index in [1.54, 1.807) is 12.3 Å². The molecule has 3 aromatic rings. The summed E-state index contributed by atoms with van der Waals surface area (Å²) in [6.45, 7) is 0.385. The molecule has 2 aromatic carbocycles. The van der Waals surface area contributed by atoms with Crippen molar-refractivity contribution >= 4 is 44.3 Å². The summed E-state index contributed by atoms with van der Waals surface area (Å²) in [6, 6.07) is 11.2. The maximum absolute atomic E-state index is 12.8. The van der Waals surface area contributed by atoms with Gasteiger partial charge in [0, 0.05) is 35.8 Å². The SMILES string of the molecule is O=C(OCC(=O)c1c[nH]c2ccccc12)c1ccc(Cl)c(S(=O)(=O)N2CCCC2)c1. The Balaban J connectivity index is 1.50. The minimum absolute atomic E-state index is 0.0175. The van der Waals surface area contributed by atoms with Crippen LogP contribution in [0, 0.1) is 0 Å². The lowest BCUT2D eigenvalue weighted by molar-refractivity contribution is 0.0475. The molecular weight excluding hydrogens is 428 g/mol. The first kappa shape index (κ1) is 20.6. The third-order valence-electron chi connectivity index (χ3n) is 5.07. The normalized spacial score (nSPS) is 14.8. The summed E-state index contributed by atoms with van der Waals surface area (Å²) < 4.78 is 32.1. The standard InChI is InChI=1S/C21H19ClN2O5S/c22-17-8-7-14(11-20(17)30(27,28)24-9-3-4-10-24)21(26)29-13-19(25)16-12-23-18-6-2-1-5-15(16)18/h1-2,5-8,11-12,23H,3-4,9-10,13H2. The number of rotatable bonds is 6.